The van der Waals surface area contributed by atoms with Gasteiger partial charge in [0.05, 0.1) is 17.3 Å². The minimum absolute atomic E-state index is 0.0937. The Hall–Kier alpha value is -3.40. The van der Waals surface area contributed by atoms with E-state index in [4.69, 9.17) is 10.4 Å². The van der Waals surface area contributed by atoms with Gasteiger partial charge in [-0.3, -0.25) is 0 Å². The zero-order valence-electron chi connectivity index (χ0n) is 10.7. The fourth-order valence-corrected chi connectivity index (χ4v) is 1.59. The number of aromatic nitrogens is 1. The molecule has 0 atom stereocenters. The van der Waals surface area contributed by atoms with Crippen LogP contribution in [0.15, 0.2) is 42.6 Å². The molecule has 1 aromatic heterocycles. The van der Waals surface area contributed by atoms with E-state index in [0.29, 0.717) is 11.3 Å². The largest absolute Gasteiger partial charge is 0.476 e. The molecule has 2 rings (SSSR count). The molecule has 104 valence electrons. The fourth-order valence-electron chi connectivity index (χ4n) is 1.59. The van der Waals surface area contributed by atoms with Crippen molar-refractivity contribution in [2.45, 2.75) is 0 Å². The number of carbonyl (C=O) groups excluding carboxylic acids is 1. The van der Waals surface area contributed by atoms with Crippen molar-refractivity contribution in [1.29, 1.82) is 5.26 Å². The molecule has 0 aliphatic carbocycles. The predicted molar refractivity (Wildman–Crippen MR) is 75.0 cm³/mol. The highest BCUT2D eigenvalue weighted by Gasteiger charge is 2.13. The monoisotopic (exact) mass is 282 g/mol. The smallest absolute Gasteiger partial charge is 0.356 e. The van der Waals surface area contributed by atoms with Crippen molar-refractivity contribution in [3.63, 3.8) is 0 Å². The van der Waals surface area contributed by atoms with Gasteiger partial charge in [-0.2, -0.15) is 5.26 Å². The number of carboxylic acid groups (broad SMARTS) is 1. The Morgan fingerprint density at radius 2 is 1.86 bits per heavy atom. The molecule has 0 aliphatic heterocycles. The van der Waals surface area contributed by atoms with E-state index in [1.165, 1.54) is 18.3 Å². The summed E-state index contributed by atoms with van der Waals surface area (Å²) in [6.45, 7) is 0. The Labute approximate surface area is 119 Å². The van der Waals surface area contributed by atoms with E-state index < -0.39 is 12.0 Å². The number of hydrogen-bond donors (Lipinski definition) is 3. The molecular formula is C14H10N4O3. The maximum absolute atomic E-state index is 11.8. The van der Waals surface area contributed by atoms with E-state index in [1.54, 1.807) is 24.3 Å². The lowest BCUT2D eigenvalue weighted by Gasteiger charge is -2.09. The summed E-state index contributed by atoms with van der Waals surface area (Å²) in [4.78, 5) is 26.5. The van der Waals surface area contributed by atoms with Gasteiger partial charge in [0.25, 0.3) is 0 Å². The van der Waals surface area contributed by atoms with Gasteiger partial charge in [0.1, 0.15) is 0 Å². The number of anilines is 2. The highest BCUT2D eigenvalue weighted by atomic mass is 16.4. The van der Waals surface area contributed by atoms with Crippen molar-refractivity contribution in [3.05, 3.63) is 53.9 Å². The molecule has 0 saturated heterocycles. The van der Waals surface area contributed by atoms with Gasteiger partial charge in [0.15, 0.2) is 5.69 Å². The fraction of sp³-hybridized carbons (Fsp3) is 0. The summed E-state index contributed by atoms with van der Waals surface area (Å²) in [5.74, 6) is -1.23. The number of amides is 2. The van der Waals surface area contributed by atoms with Crippen molar-refractivity contribution >= 4 is 23.4 Å². The van der Waals surface area contributed by atoms with Crippen LogP contribution >= 0.6 is 0 Å². The van der Waals surface area contributed by atoms with Crippen molar-refractivity contribution in [1.82, 2.24) is 4.98 Å². The third kappa shape index (κ3) is 3.54. The molecule has 0 fully saturated rings. The van der Waals surface area contributed by atoms with Crippen LogP contribution in [-0.2, 0) is 0 Å². The molecule has 1 aromatic carbocycles. The van der Waals surface area contributed by atoms with Crippen LogP contribution < -0.4 is 10.6 Å². The van der Waals surface area contributed by atoms with Crippen LogP contribution in [-0.4, -0.2) is 22.1 Å². The molecule has 0 spiro atoms. The number of pyridine rings is 1. The van der Waals surface area contributed by atoms with E-state index in [2.05, 4.69) is 15.6 Å². The van der Waals surface area contributed by atoms with Crippen molar-refractivity contribution < 1.29 is 14.7 Å². The van der Waals surface area contributed by atoms with Crippen LogP contribution in [0.2, 0.25) is 0 Å². The summed E-state index contributed by atoms with van der Waals surface area (Å²) in [5.41, 5.74) is 0.803. The Bertz CT molecular complexity index is 720. The molecule has 7 heteroatoms. The average Bonchev–Trinajstić information content (AvgIpc) is 2.48. The number of hydrogen-bond acceptors (Lipinski definition) is 4. The summed E-state index contributed by atoms with van der Waals surface area (Å²) in [6.07, 6.45) is 1.33. The highest BCUT2D eigenvalue weighted by molar-refractivity contribution is 6.03. The first-order chi connectivity index (χ1) is 10.1. The molecule has 0 unspecified atom stereocenters. The van der Waals surface area contributed by atoms with Crippen molar-refractivity contribution in [2.24, 2.45) is 0 Å². The lowest BCUT2D eigenvalue weighted by Crippen LogP contribution is -2.21. The summed E-state index contributed by atoms with van der Waals surface area (Å²) < 4.78 is 0. The standard InChI is InChI=1S/C14H10N4O3/c15-8-9-3-5-10(6-4-9)17-14(21)18-11-2-1-7-16-12(11)13(19)20/h1-7H,(H,19,20)(H2,17,18,21). The summed E-state index contributed by atoms with van der Waals surface area (Å²) in [7, 11) is 0. The number of rotatable bonds is 3. The lowest BCUT2D eigenvalue weighted by atomic mass is 10.2. The molecular weight excluding hydrogens is 272 g/mol. The van der Waals surface area contributed by atoms with Gasteiger partial charge in [-0.25, -0.2) is 14.6 Å². The van der Waals surface area contributed by atoms with Crippen molar-refractivity contribution in [3.8, 4) is 6.07 Å². The third-order valence-corrected chi connectivity index (χ3v) is 2.53. The molecule has 0 saturated carbocycles. The molecule has 0 aliphatic rings. The maximum atomic E-state index is 11.8. The third-order valence-electron chi connectivity index (χ3n) is 2.53. The highest BCUT2D eigenvalue weighted by Crippen LogP contribution is 2.13. The minimum atomic E-state index is -1.23. The van der Waals surface area contributed by atoms with Gasteiger partial charge in [-0.1, -0.05) is 0 Å². The Kier molecular flexibility index (Phi) is 4.11. The van der Waals surface area contributed by atoms with Crippen molar-refractivity contribution in [2.75, 3.05) is 10.6 Å². The Morgan fingerprint density at radius 1 is 1.14 bits per heavy atom. The summed E-state index contributed by atoms with van der Waals surface area (Å²) in [5, 5.41) is 22.6. The first-order valence-electron chi connectivity index (χ1n) is 5.86. The van der Waals surface area contributed by atoms with E-state index in [1.807, 2.05) is 6.07 Å². The van der Waals surface area contributed by atoms with Crippen LogP contribution in [0.3, 0.4) is 0 Å². The normalized spacial score (nSPS) is 9.48. The van der Waals surface area contributed by atoms with Gasteiger partial charge in [0.2, 0.25) is 0 Å². The second kappa shape index (κ2) is 6.16. The van der Waals surface area contributed by atoms with Gasteiger partial charge in [-0.15, -0.1) is 0 Å². The molecule has 1 heterocycles. The number of carbonyl (C=O) groups is 2. The van der Waals surface area contributed by atoms with Crippen LogP contribution in [0.4, 0.5) is 16.2 Å². The maximum Gasteiger partial charge on any atom is 0.356 e. The number of urea groups is 1. The minimum Gasteiger partial charge on any atom is -0.476 e. The molecule has 0 radical (unpaired) electrons. The quantitative estimate of drug-likeness (QED) is 0.798. The number of aromatic carboxylic acids is 1. The zero-order valence-corrected chi connectivity index (χ0v) is 10.7. The number of nitrogens with one attached hydrogen (secondary N) is 2. The van der Waals surface area contributed by atoms with Gasteiger partial charge >= 0.3 is 12.0 Å². The van der Waals surface area contributed by atoms with E-state index in [0.717, 1.165) is 0 Å². The summed E-state index contributed by atoms with van der Waals surface area (Å²) in [6, 6.07) is 10.6. The molecule has 7 nitrogen and oxygen atoms in total. The van der Waals surface area contributed by atoms with E-state index in [-0.39, 0.29) is 11.4 Å². The average molecular weight is 282 g/mol. The number of nitriles is 1. The van der Waals surface area contributed by atoms with Crippen LogP contribution in [0.25, 0.3) is 0 Å². The molecule has 21 heavy (non-hydrogen) atoms. The van der Waals surface area contributed by atoms with Crippen LogP contribution in [0, 0.1) is 11.3 Å². The first kappa shape index (κ1) is 14.0. The SMILES string of the molecule is N#Cc1ccc(NC(=O)Nc2cccnc2C(=O)O)cc1. The Morgan fingerprint density at radius 3 is 2.48 bits per heavy atom. The first-order valence-corrected chi connectivity index (χ1v) is 5.86. The second-order valence-electron chi connectivity index (χ2n) is 3.97. The molecule has 3 N–H and O–H groups in total. The van der Waals surface area contributed by atoms with E-state index in [9.17, 15) is 9.59 Å². The lowest BCUT2D eigenvalue weighted by molar-refractivity contribution is 0.0692. The summed E-state index contributed by atoms with van der Waals surface area (Å²) >= 11 is 0. The zero-order chi connectivity index (χ0) is 15.2. The van der Waals surface area contributed by atoms with Gasteiger partial charge in [-0.05, 0) is 36.4 Å². The number of benzene rings is 1. The van der Waals surface area contributed by atoms with Gasteiger partial charge < -0.3 is 15.7 Å². The number of carboxylic acids is 1. The number of nitrogens with zero attached hydrogens (tertiary/aromatic N) is 2. The second-order valence-corrected chi connectivity index (χ2v) is 3.97. The van der Waals surface area contributed by atoms with Crippen LogP contribution in [0.1, 0.15) is 16.1 Å². The van der Waals surface area contributed by atoms with E-state index >= 15 is 0 Å². The van der Waals surface area contributed by atoms with Crippen LogP contribution in [0.5, 0.6) is 0 Å². The predicted octanol–water partition coefficient (Wildman–Crippen LogP) is 2.30. The molecule has 2 aromatic rings. The molecule has 0 bridgehead atoms. The molecule has 2 amide bonds. The van der Waals surface area contributed by atoms with Gasteiger partial charge in [0, 0.05) is 11.9 Å². The Balaban J connectivity index is 2.08. The topological polar surface area (TPSA) is 115 Å².